The van der Waals surface area contributed by atoms with Gasteiger partial charge < -0.3 is 10.4 Å². The van der Waals surface area contributed by atoms with E-state index in [4.69, 9.17) is 0 Å². The lowest BCUT2D eigenvalue weighted by Gasteiger charge is -2.58. The minimum absolute atomic E-state index is 0.0594. The van der Waals surface area contributed by atoms with Gasteiger partial charge in [0.05, 0.1) is 5.60 Å². The molecule has 4 saturated carbocycles. The minimum atomic E-state index is -0.442. The molecule has 5 aliphatic rings. The Labute approximate surface area is 149 Å². The van der Waals surface area contributed by atoms with Crippen LogP contribution in [0.4, 0.5) is 10.5 Å². The number of nitrogens with one attached hydrogen (secondary N) is 1. The van der Waals surface area contributed by atoms with Crippen LogP contribution >= 0.6 is 0 Å². The van der Waals surface area contributed by atoms with Gasteiger partial charge in [0.25, 0.3) is 0 Å². The van der Waals surface area contributed by atoms with Gasteiger partial charge in [-0.15, -0.1) is 0 Å². The maximum atomic E-state index is 13.2. The predicted molar refractivity (Wildman–Crippen MR) is 97.5 cm³/mol. The molecule has 0 spiro atoms. The molecule has 0 radical (unpaired) electrons. The molecule has 4 nitrogen and oxygen atoms in total. The highest BCUT2D eigenvalue weighted by Crippen LogP contribution is 2.55. The third-order valence-electron chi connectivity index (χ3n) is 7.27. The van der Waals surface area contributed by atoms with Gasteiger partial charge in [0.2, 0.25) is 0 Å². The van der Waals surface area contributed by atoms with Crippen molar-refractivity contribution in [3.8, 4) is 0 Å². The summed E-state index contributed by atoms with van der Waals surface area (Å²) in [5.41, 5.74) is 1.90. The number of carbonyl (C=O) groups excluding carboxylic acids is 1. The van der Waals surface area contributed by atoms with E-state index >= 15 is 0 Å². The maximum Gasteiger partial charge on any atom is 0.322 e. The number of urea groups is 1. The normalized spacial score (nSPS) is 41.5. The van der Waals surface area contributed by atoms with E-state index in [1.165, 1.54) is 18.4 Å². The highest BCUT2D eigenvalue weighted by molar-refractivity contribution is 5.94. The van der Waals surface area contributed by atoms with Gasteiger partial charge >= 0.3 is 6.03 Å². The van der Waals surface area contributed by atoms with E-state index in [2.05, 4.69) is 30.4 Å². The van der Waals surface area contributed by atoms with Crippen LogP contribution in [0, 0.1) is 17.8 Å². The molecule has 134 valence electrons. The summed E-state index contributed by atoms with van der Waals surface area (Å²) in [4.78, 5) is 15.2. The first-order valence-corrected chi connectivity index (χ1v) is 9.92. The number of hydrogen-bond donors (Lipinski definition) is 2. The highest BCUT2D eigenvalue weighted by atomic mass is 16.3. The van der Waals surface area contributed by atoms with Crippen LogP contribution in [0.15, 0.2) is 24.3 Å². The molecular weight excluding hydrogens is 312 g/mol. The van der Waals surface area contributed by atoms with Gasteiger partial charge in [-0.05, 0) is 81.3 Å². The molecule has 4 fully saturated rings. The Balaban J connectivity index is 1.38. The largest absolute Gasteiger partial charge is 0.390 e. The summed E-state index contributed by atoms with van der Waals surface area (Å²) < 4.78 is 0. The van der Waals surface area contributed by atoms with Crippen molar-refractivity contribution in [2.24, 2.45) is 17.8 Å². The second-order valence-corrected chi connectivity index (χ2v) is 9.06. The van der Waals surface area contributed by atoms with Crippen molar-refractivity contribution >= 4 is 11.7 Å². The molecule has 0 aromatic heterocycles. The molecular formula is C21H28N2O2. The lowest BCUT2D eigenvalue weighted by Crippen LogP contribution is -2.63. The SMILES string of the molecule is CC1CCc2ccccc2N1C(=O)N[C@H]1C2CC3CC1C[C@](O)(C3)C2. The lowest BCUT2D eigenvalue weighted by molar-refractivity contribution is -0.136. The number of aryl methyl sites for hydroxylation is 1. The first-order valence-electron chi connectivity index (χ1n) is 9.92. The molecule has 6 rings (SSSR count). The summed E-state index contributed by atoms with van der Waals surface area (Å²) in [5.74, 6) is 1.58. The van der Waals surface area contributed by atoms with E-state index in [1.54, 1.807) is 0 Å². The van der Waals surface area contributed by atoms with Crippen LogP contribution in [0.25, 0.3) is 0 Å². The van der Waals surface area contributed by atoms with Crippen molar-refractivity contribution in [3.05, 3.63) is 29.8 Å². The monoisotopic (exact) mass is 340 g/mol. The molecule has 4 aliphatic carbocycles. The van der Waals surface area contributed by atoms with Crippen molar-refractivity contribution in [1.82, 2.24) is 5.32 Å². The van der Waals surface area contributed by atoms with Crippen LogP contribution in [-0.4, -0.2) is 28.8 Å². The second kappa shape index (κ2) is 5.47. The number of amides is 2. The standard InChI is InChI=1S/C21H28N2O2/c1-13-6-7-15-4-2-3-5-18(15)23(13)20(24)22-19-16-8-14-9-17(19)12-21(25,10-14)11-16/h2-5,13-14,16-17,19,25H,6-12H2,1H3,(H,22,24)/t13?,14?,16?,17?,19-,21-. The maximum absolute atomic E-state index is 13.2. The van der Waals surface area contributed by atoms with Crippen LogP contribution < -0.4 is 10.2 Å². The van der Waals surface area contributed by atoms with E-state index in [0.717, 1.165) is 37.8 Å². The number of carbonyl (C=O) groups is 1. The summed E-state index contributed by atoms with van der Waals surface area (Å²) in [7, 11) is 0. The fourth-order valence-electron chi connectivity index (χ4n) is 6.43. The number of fused-ring (bicyclic) bond motifs is 1. The van der Waals surface area contributed by atoms with E-state index < -0.39 is 5.60 Å². The van der Waals surface area contributed by atoms with Crippen LogP contribution in [-0.2, 0) is 6.42 Å². The zero-order valence-corrected chi connectivity index (χ0v) is 14.9. The first kappa shape index (κ1) is 15.7. The highest BCUT2D eigenvalue weighted by Gasteiger charge is 2.55. The van der Waals surface area contributed by atoms with Crippen LogP contribution in [0.5, 0.6) is 0 Å². The van der Waals surface area contributed by atoms with E-state index in [1.807, 2.05) is 11.0 Å². The fraction of sp³-hybridized carbons (Fsp3) is 0.667. The number of para-hydroxylation sites is 1. The Morgan fingerprint density at radius 2 is 1.92 bits per heavy atom. The van der Waals surface area contributed by atoms with Gasteiger partial charge in [0.1, 0.15) is 0 Å². The van der Waals surface area contributed by atoms with Crippen molar-refractivity contribution in [3.63, 3.8) is 0 Å². The number of nitrogens with zero attached hydrogens (tertiary/aromatic N) is 1. The van der Waals surface area contributed by atoms with E-state index in [9.17, 15) is 9.90 Å². The number of hydrogen-bond acceptors (Lipinski definition) is 2. The zero-order chi connectivity index (χ0) is 17.2. The van der Waals surface area contributed by atoms with Gasteiger partial charge in [-0.3, -0.25) is 4.90 Å². The molecule has 1 aromatic carbocycles. The molecule has 2 amide bonds. The van der Waals surface area contributed by atoms with E-state index in [0.29, 0.717) is 17.8 Å². The van der Waals surface area contributed by atoms with Crippen molar-refractivity contribution in [2.45, 2.75) is 69.6 Å². The Kier molecular flexibility index (Phi) is 3.43. The minimum Gasteiger partial charge on any atom is -0.390 e. The number of benzene rings is 1. The molecule has 1 heterocycles. The third kappa shape index (κ3) is 2.49. The number of rotatable bonds is 1. The molecule has 1 aliphatic heterocycles. The Morgan fingerprint density at radius 1 is 1.20 bits per heavy atom. The van der Waals surface area contributed by atoms with Gasteiger partial charge in [0.15, 0.2) is 0 Å². The van der Waals surface area contributed by atoms with Crippen LogP contribution in [0.3, 0.4) is 0 Å². The summed E-state index contributed by atoms with van der Waals surface area (Å²) in [6, 6.07) is 8.83. The summed E-state index contributed by atoms with van der Waals surface area (Å²) >= 11 is 0. The third-order valence-corrected chi connectivity index (χ3v) is 7.27. The van der Waals surface area contributed by atoms with E-state index in [-0.39, 0.29) is 18.1 Å². The number of anilines is 1. The van der Waals surface area contributed by atoms with Crippen molar-refractivity contribution in [2.75, 3.05) is 4.90 Å². The molecule has 3 unspecified atom stereocenters. The summed E-state index contributed by atoms with van der Waals surface area (Å²) in [6.07, 6.45) is 7.14. The van der Waals surface area contributed by atoms with Crippen LogP contribution in [0.1, 0.15) is 51.0 Å². The van der Waals surface area contributed by atoms with Gasteiger partial charge in [-0.1, -0.05) is 18.2 Å². The topological polar surface area (TPSA) is 52.6 Å². The Bertz CT molecular complexity index is 687. The summed E-state index contributed by atoms with van der Waals surface area (Å²) in [6.45, 7) is 2.15. The van der Waals surface area contributed by atoms with Crippen LogP contribution in [0.2, 0.25) is 0 Å². The average molecular weight is 340 g/mol. The molecule has 0 saturated heterocycles. The van der Waals surface area contributed by atoms with Crippen molar-refractivity contribution in [1.29, 1.82) is 0 Å². The molecule has 3 atom stereocenters. The smallest absolute Gasteiger partial charge is 0.322 e. The summed E-state index contributed by atoms with van der Waals surface area (Å²) in [5, 5.41) is 14.1. The first-order chi connectivity index (χ1) is 12.0. The van der Waals surface area contributed by atoms with Gasteiger partial charge in [0, 0.05) is 17.8 Å². The second-order valence-electron chi connectivity index (χ2n) is 9.06. The molecule has 4 bridgehead atoms. The lowest BCUT2D eigenvalue weighted by atomic mass is 9.52. The predicted octanol–water partition coefficient (Wildman–Crippen LogP) is 3.48. The van der Waals surface area contributed by atoms with Gasteiger partial charge in [-0.25, -0.2) is 4.79 Å². The quantitative estimate of drug-likeness (QED) is 0.822. The Morgan fingerprint density at radius 3 is 2.64 bits per heavy atom. The molecule has 4 heteroatoms. The molecule has 25 heavy (non-hydrogen) atoms. The average Bonchev–Trinajstić information content (AvgIpc) is 2.56. The van der Waals surface area contributed by atoms with Crippen molar-refractivity contribution < 1.29 is 9.90 Å². The molecule has 1 aromatic rings. The zero-order valence-electron chi connectivity index (χ0n) is 14.9. The molecule has 2 N–H and O–H groups in total. The number of aliphatic hydroxyl groups is 1. The van der Waals surface area contributed by atoms with Gasteiger partial charge in [-0.2, -0.15) is 0 Å². The Hall–Kier alpha value is -1.55. The fourth-order valence-corrected chi connectivity index (χ4v) is 6.43.